The van der Waals surface area contributed by atoms with Gasteiger partial charge in [0.15, 0.2) is 0 Å². The molecule has 4 aromatic carbocycles. The number of alkyl halides is 3. The van der Waals surface area contributed by atoms with Crippen molar-refractivity contribution in [1.29, 1.82) is 0 Å². The van der Waals surface area contributed by atoms with Crippen molar-refractivity contribution in [3.63, 3.8) is 0 Å². The lowest BCUT2D eigenvalue weighted by Gasteiger charge is -2.12. The van der Waals surface area contributed by atoms with Crippen molar-refractivity contribution >= 4 is 39.6 Å². The van der Waals surface area contributed by atoms with Crippen LogP contribution in [0.4, 0.5) is 18.0 Å². The van der Waals surface area contributed by atoms with Gasteiger partial charge in [0.2, 0.25) is 0 Å². The zero-order valence-electron chi connectivity index (χ0n) is 19.3. The Morgan fingerprint density at radius 3 is 2.35 bits per heavy atom. The molecule has 0 fully saturated rings. The summed E-state index contributed by atoms with van der Waals surface area (Å²) in [5.74, 6) is 0.0582. The average molecular weight is 526 g/mol. The molecule has 0 bridgehead atoms. The van der Waals surface area contributed by atoms with Crippen LogP contribution in [0.1, 0.15) is 11.1 Å². The number of halogens is 4. The Morgan fingerprint density at radius 1 is 0.919 bits per heavy atom. The normalized spacial score (nSPS) is 11.7. The van der Waals surface area contributed by atoms with Gasteiger partial charge in [-0.3, -0.25) is 0 Å². The standard InChI is InChI=1S/C28H19ClF3NO4/c1-36-27(35)37-24-7-3-6-21-26(24)25-22(13-18(14-23(25)34)17-8-10-20(29)11-9-17)33(21)15-16-4-2-5-19(12-16)28(30,31)32/h2-14,34H,15H2,1H3. The van der Waals surface area contributed by atoms with Crippen molar-refractivity contribution in [2.75, 3.05) is 7.11 Å². The maximum absolute atomic E-state index is 13.4. The highest BCUT2D eigenvalue weighted by atomic mass is 35.5. The number of phenols is 1. The van der Waals surface area contributed by atoms with Crippen molar-refractivity contribution < 1.29 is 32.5 Å². The predicted molar refractivity (Wildman–Crippen MR) is 135 cm³/mol. The number of benzene rings is 4. The molecule has 0 aliphatic rings. The zero-order valence-corrected chi connectivity index (χ0v) is 20.1. The van der Waals surface area contributed by atoms with E-state index in [2.05, 4.69) is 4.74 Å². The van der Waals surface area contributed by atoms with Crippen LogP contribution >= 0.6 is 11.6 Å². The molecule has 1 heterocycles. The van der Waals surface area contributed by atoms with Crippen LogP contribution in [0.25, 0.3) is 32.9 Å². The molecule has 9 heteroatoms. The van der Waals surface area contributed by atoms with E-state index < -0.39 is 17.9 Å². The fraction of sp³-hybridized carbons (Fsp3) is 0.107. The average Bonchev–Trinajstić information content (AvgIpc) is 3.19. The Bertz CT molecular complexity index is 1640. The number of ether oxygens (including phenoxy) is 2. The first-order chi connectivity index (χ1) is 17.7. The molecule has 1 aromatic heterocycles. The number of hydrogen-bond donors (Lipinski definition) is 1. The van der Waals surface area contributed by atoms with Gasteiger partial charge in [0.05, 0.1) is 34.5 Å². The topological polar surface area (TPSA) is 60.7 Å². The van der Waals surface area contributed by atoms with Crippen molar-refractivity contribution in [2.24, 2.45) is 0 Å². The minimum atomic E-state index is -4.49. The number of fused-ring (bicyclic) bond motifs is 3. The molecule has 0 unspecified atom stereocenters. The van der Waals surface area contributed by atoms with Crippen molar-refractivity contribution in [2.45, 2.75) is 12.7 Å². The summed E-state index contributed by atoms with van der Waals surface area (Å²) < 4.78 is 51.9. The first-order valence-corrected chi connectivity index (χ1v) is 11.5. The molecular weight excluding hydrogens is 507 g/mol. The van der Waals surface area contributed by atoms with E-state index in [4.69, 9.17) is 16.3 Å². The van der Waals surface area contributed by atoms with E-state index in [0.717, 1.165) is 17.7 Å². The molecule has 0 spiro atoms. The molecule has 5 rings (SSSR count). The summed E-state index contributed by atoms with van der Waals surface area (Å²) in [6.45, 7) is 0.0646. The fourth-order valence-corrected chi connectivity index (χ4v) is 4.56. The predicted octanol–water partition coefficient (Wildman–Crippen LogP) is 8.03. The van der Waals surface area contributed by atoms with Gasteiger partial charge in [-0.1, -0.05) is 41.9 Å². The molecule has 5 aromatic rings. The van der Waals surface area contributed by atoms with E-state index in [1.165, 1.54) is 13.2 Å². The number of nitrogens with zero attached hydrogens (tertiary/aromatic N) is 1. The van der Waals surface area contributed by atoms with Crippen LogP contribution in [0.3, 0.4) is 0 Å². The smallest absolute Gasteiger partial charge is 0.507 e. The molecular formula is C28H19ClF3NO4. The molecule has 5 nitrogen and oxygen atoms in total. The molecule has 188 valence electrons. The summed E-state index contributed by atoms with van der Waals surface area (Å²) in [5.41, 5.74) is 2.19. The van der Waals surface area contributed by atoms with Crippen molar-refractivity contribution in [3.05, 3.63) is 95.0 Å². The summed E-state index contributed by atoms with van der Waals surface area (Å²) >= 11 is 6.02. The summed E-state index contributed by atoms with van der Waals surface area (Å²) in [7, 11) is 1.18. The minimum absolute atomic E-state index is 0.0646. The summed E-state index contributed by atoms with van der Waals surface area (Å²) in [4.78, 5) is 11.9. The van der Waals surface area contributed by atoms with Gasteiger partial charge >= 0.3 is 12.3 Å². The quantitative estimate of drug-likeness (QED) is 0.190. The van der Waals surface area contributed by atoms with E-state index in [9.17, 15) is 23.1 Å². The number of carbonyl (C=O) groups is 1. The zero-order chi connectivity index (χ0) is 26.3. The summed E-state index contributed by atoms with van der Waals surface area (Å²) in [6, 6.07) is 20.5. The van der Waals surface area contributed by atoms with Gasteiger partial charge in [0.1, 0.15) is 11.5 Å². The lowest BCUT2D eigenvalue weighted by atomic mass is 10.0. The van der Waals surface area contributed by atoms with E-state index in [1.807, 2.05) is 6.07 Å². The molecule has 0 amide bonds. The van der Waals surface area contributed by atoms with Gasteiger partial charge in [-0.15, -0.1) is 0 Å². The second kappa shape index (κ2) is 9.37. The Balaban J connectivity index is 1.78. The van der Waals surface area contributed by atoms with Gasteiger partial charge in [-0.05, 0) is 65.2 Å². The highest BCUT2D eigenvalue weighted by molar-refractivity contribution is 6.30. The van der Waals surface area contributed by atoms with Gasteiger partial charge < -0.3 is 19.1 Å². The van der Waals surface area contributed by atoms with E-state index in [-0.39, 0.29) is 18.0 Å². The lowest BCUT2D eigenvalue weighted by molar-refractivity contribution is -0.137. The molecule has 0 saturated heterocycles. The van der Waals surface area contributed by atoms with Crippen LogP contribution in [0, 0.1) is 0 Å². The van der Waals surface area contributed by atoms with Crippen molar-refractivity contribution in [1.82, 2.24) is 4.57 Å². The highest BCUT2D eigenvalue weighted by Gasteiger charge is 2.30. The maximum atomic E-state index is 13.4. The third kappa shape index (κ3) is 4.68. The van der Waals surface area contributed by atoms with Crippen LogP contribution < -0.4 is 4.74 Å². The lowest BCUT2D eigenvalue weighted by Crippen LogP contribution is -2.08. The summed E-state index contributed by atoms with van der Waals surface area (Å²) in [5, 5.41) is 12.5. The van der Waals surface area contributed by atoms with Crippen molar-refractivity contribution in [3.8, 4) is 22.6 Å². The Labute approximate surface area is 214 Å². The third-order valence-corrected chi connectivity index (χ3v) is 6.32. The number of rotatable bonds is 4. The number of hydrogen-bond acceptors (Lipinski definition) is 4. The second-order valence-corrected chi connectivity index (χ2v) is 8.82. The molecule has 0 atom stereocenters. The van der Waals surface area contributed by atoms with E-state index in [1.54, 1.807) is 59.2 Å². The van der Waals surface area contributed by atoms with Gasteiger partial charge in [0, 0.05) is 11.6 Å². The highest BCUT2D eigenvalue weighted by Crippen LogP contribution is 2.43. The van der Waals surface area contributed by atoms with Crippen LogP contribution in [-0.4, -0.2) is 22.9 Å². The first-order valence-electron chi connectivity index (χ1n) is 11.1. The van der Waals surface area contributed by atoms with Crippen LogP contribution in [0.15, 0.2) is 78.9 Å². The molecule has 37 heavy (non-hydrogen) atoms. The molecule has 1 N–H and O–H groups in total. The maximum Gasteiger partial charge on any atom is 0.513 e. The Morgan fingerprint density at radius 2 is 1.65 bits per heavy atom. The van der Waals surface area contributed by atoms with Gasteiger partial charge in [-0.2, -0.15) is 13.2 Å². The Hall–Kier alpha value is -4.17. The first kappa shape index (κ1) is 24.5. The molecule has 0 saturated carbocycles. The molecule has 0 radical (unpaired) electrons. The van der Waals surface area contributed by atoms with Gasteiger partial charge in [-0.25, -0.2) is 4.79 Å². The number of carbonyl (C=O) groups excluding carboxylic acids is 1. The largest absolute Gasteiger partial charge is 0.513 e. The van der Waals surface area contributed by atoms with Crippen LogP contribution in [-0.2, 0) is 17.5 Å². The van der Waals surface area contributed by atoms with Crippen LogP contribution in [0.2, 0.25) is 5.02 Å². The van der Waals surface area contributed by atoms with E-state index >= 15 is 0 Å². The number of methoxy groups -OCH3 is 1. The third-order valence-electron chi connectivity index (χ3n) is 6.07. The molecule has 0 aliphatic carbocycles. The SMILES string of the molecule is COC(=O)Oc1cccc2c1c1c(O)cc(-c3ccc(Cl)cc3)cc1n2Cc1cccc(C(F)(F)F)c1. The summed E-state index contributed by atoms with van der Waals surface area (Å²) in [6.07, 6.45) is -5.43. The van der Waals surface area contributed by atoms with Crippen LogP contribution in [0.5, 0.6) is 11.5 Å². The van der Waals surface area contributed by atoms with E-state index in [0.29, 0.717) is 38.0 Å². The number of phenolic OH excluding ortho intramolecular Hbond substituents is 1. The molecule has 0 aliphatic heterocycles. The van der Waals surface area contributed by atoms with Gasteiger partial charge in [0.25, 0.3) is 0 Å². The Kier molecular flexibility index (Phi) is 6.21. The minimum Gasteiger partial charge on any atom is -0.507 e. The number of aromatic hydroxyl groups is 1. The second-order valence-electron chi connectivity index (χ2n) is 8.39. The fourth-order valence-electron chi connectivity index (χ4n) is 4.43. The number of aromatic nitrogens is 1. The monoisotopic (exact) mass is 525 g/mol.